The molecule has 1 aliphatic rings. The summed E-state index contributed by atoms with van der Waals surface area (Å²) in [5, 5.41) is 21.7. The molecule has 0 bridgehead atoms. The number of nitrogens with one attached hydrogen (secondary N) is 1. The van der Waals surface area contributed by atoms with Crippen molar-refractivity contribution in [1.29, 1.82) is 5.26 Å². The molecule has 0 saturated carbocycles. The molecule has 0 aromatic carbocycles. The molecule has 1 aliphatic heterocycles. The fraction of sp³-hybridized carbons (Fsp3) is 0.889. The quantitative estimate of drug-likeness (QED) is 0.599. The highest BCUT2D eigenvalue weighted by Gasteiger charge is 2.33. The summed E-state index contributed by atoms with van der Waals surface area (Å²) in [5.74, 6) is 0. The molecule has 3 heteroatoms. The van der Waals surface area contributed by atoms with E-state index in [2.05, 4.69) is 12.2 Å². The monoisotopic (exact) mass is 168 g/mol. The van der Waals surface area contributed by atoms with Crippen molar-refractivity contribution in [3.05, 3.63) is 0 Å². The van der Waals surface area contributed by atoms with Crippen LogP contribution in [0.1, 0.15) is 32.6 Å². The fourth-order valence-corrected chi connectivity index (χ4v) is 1.72. The van der Waals surface area contributed by atoms with Crippen LogP contribution in [0.5, 0.6) is 0 Å². The minimum Gasteiger partial charge on any atom is -0.375 e. The minimum absolute atomic E-state index is 0.327. The van der Waals surface area contributed by atoms with E-state index < -0.39 is 5.60 Å². The zero-order valence-corrected chi connectivity index (χ0v) is 7.51. The Bertz CT molecular complexity index is 185. The van der Waals surface area contributed by atoms with Gasteiger partial charge in [0.2, 0.25) is 0 Å². The standard InChI is InChI=1S/C9H16N2O/c1-2-3-8-6-9(12,7-10)4-5-11-8/h8,11-12H,2-6H2,1H3. The van der Waals surface area contributed by atoms with Crippen LogP contribution in [0.15, 0.2) is 0 Å². The number of rotatable bonds is 2. The van der Waals surface area contributed by atoms with Crippen LogP contribution in [0.4, 0.5) is 0 Å². The summed E-state index contributed by atoms with van der Waals surface area (Å²) in [6, 6.07) is 2.31. The molecule has 1 saturated heterocycles. The molecule has 1 rings (SSSR count). The van der Waals surface area contributed by atoms with E-state index in [9.17, 15) is 5.11 Å². The van der Waals surface area contributed by atoms with Gasteiger partial charge in [-0.05, 0) is 13.0 Å². The van der Waals surface area contributed by atoms with E-state index in [0.29, 0.717) is 18.9 Å². The maximum Gasteiger partial charge on any atom is 0.153 e. The number of piperidine rings is 1. The Kier molecular flexibility index (Phi) is 3.07. The van der Waals surface area contributed by atoms with Crippen molar-refractivity contribution in [3.63, 3.8) is 0 Å². The summed E-state index contributed by atoms with van der Waals surface area (Å²) in [7, 11) is 0. The van der Waals surface area contributed by atoms with Gasteiger partial charge in [-0.3, -0.25) is 0 Å². The molecule has 3 nitrogen and oxygen atoms in total. The fourth-order valence-electron chi connectivity index (χ4n) is 1.72. The van der Waals surface area contributed by atoms with E-state index in [0.717, 1.165) is 19.4 Å². The summed E-state index contributed by atoms with van der Waals surface area (Å²) in [6.07, 6.45) is 3.28. The smallest absolute Gasteiger partial charge is 0.153 e. The highest BCUT2D eigenvalue weighted by molar-refractivity contribution is 5.05. The van der Waals surface area contributed by atoms with Crippen LogP contribution in [0.3, 0.4) is 0 Å². The van der Waals surface area contributed by atoms with E-state index in [1.807, 2.05) is 6.07 Å². The normalized spacial score (nSPS) is 35.9. The molecule has 0 amide bonds. The van der Waals surface area contributed by atoms with Gasteiger partial charge in [-0.25, -0.2) is 0 Å². The zero-order chi connectivity index (χ0) is 9.03. The lowest BCUT2D eigenvalue weighted by Gasteiger charge is -2.32. The molecule has 1 heterocycles. The SMILES string of the molecule is CCCC1CC(O)(C#N)CCN1. The van der Waals surface area contributed by atoms with E-state index >= 15 is 0 Å². The molecule has 12 heavy (non-hydrogen) atoms. The van der Waals surface area contributed by atoms with E-state index in [1.165, 1.54) is 0 Å². The van der Waals surface area contributed by atoms with Gasteiger partial charge in [0, 0.05) is 18.9 Å². The van der Waals surface area contributed by atoms with Crippen LogP contribution in [0.2, 0.25) is 0 Å². The molecule has 2 unspecified atom stereocenters. The molecule has 2 N–H and O–H groups in total. The molecule has 0 aromatic rings. The van der Waals surface area contributed by atoms with Gasteiger partial charge in [0.15, 0.2) is 5.60 Å². The van der Waals surface area contributed by atoms with Crippen molar-refractivity contribution < 1.29 is 5.11 Å². The Morgan fingerprint density at radius 1 is 1.75 bits per heavy atom. The highest BCUT2D eigenvalue weighted by Crippen LogP contribution is 2.22. The number of hydrogen-bond acceptors (Lipinski definition) is 3. The van der Waals surface area contributed by atoms with Crippen LogP contribution in [0.25, 0.3) is 0 Å². The van der Waals surface area contributed by atoms with Crippen molar-refractivity contribution in [1.82, 2.24) is 5.32 Å². The first kappa shape index (κ1) is 9.50. The predicted molar refractivity (Wildman–Crippen MR) is 46.5 cm³/mol. The summed E-state index contributed by atoms with van der Waals surface area (Å²) in [6.45, 7) is 2.87. The third-order valence-electron chi connectivity index (χ3n) is 2.40. The Balaban J connectivity index is 2.46. The van der Waals surface area contributed by atoms with Crippen molar-refractivity contribution >= 4 is 0 Å². The molecule has 0 radical (unpaired) electrons. The van der Waals surface area contributed by atoms with Gasteiger partial charge in [0.1, 0.15) is 0 Å². The predicted octanol–water partition coefficient (Wildman–Crippen LogP) is 0.793. The number of hydrogen-bond donors (Lipinski definition) is 2. The van der Waals surface area contributed by atoms with Gasteiger partial charge in [0.25, 0.3) is 0 Å². The third kappa shape index (κ3) is 2.20. The van der Waals surface area contributed by atoms with Gasteiger partial charge in [-0.15, -0.1) is 0 Å². The molecule has 1 fully saturated rings. The first-order valence-corrected chi connectivity index (χ1v) is 4.57. The molecule has 0 aromatic heterocycles. The second-order valence-corrected chi connectivity index (χ2v) is 3.54. The lowest BCUT2D eigenvalue weighted by atomic mass is 9.87. The summed E-state index contributed by atoms with van der Waals surface area (Å²) in [5.41, 5.74) is -1.06. The van der Waals surface area contributed by atoms with Gasteiger partial charge >= 0.3 is 0 Å². The maximum absolute atomic E-state index is 9.68. The minimum atomic E-state index is -1.06. The number of aliphatic hydroxyl groups is 1. The Morgan fingerprint density at radius 2 is 2.50 bits per heavy atom. The molecule has 68 valence electrons. The maximum atomic E-state index is 9.68. The van der Waals surface area contributed by atoms with Crippen LogP contribution < -0.4 is 5.32 Å². The van der Waals surface area contributed by atoms with Gasteiger partial charge in [-0.2, -0.15) is 5.26 Å². The van der Waals surface area contributed by atoms with Crippen LogP contribution >= 0.6 is 0 Å². The molecule has 2 atom stereocenters. The van der Waals surface area contributed by atoms with E-state index in [4.69, 9.17) is 5.26 Å². The summed E-state index contributed by atoms with van der Waals surface area (Å²) in [4.78, 5) is 0. The lowest BCUT2D eigenvalue weighted by Crippen LogP contribution is -2.47. The Morgan fingerprint density at radius 3 is 3.08 bits per heavy atom. The average molecular weight is 168 g/mol. The van der Waals surface area contributed by atoms with Crippen molar-refractivity contribution in [3.8, 4) is 6.07 Å². The lowest BCUT2D eigenvalue weighted by molar-refractivity contribution is 0.0469. The third-order valence-corrected chi connectivity index (χ3v) is 2.40. The average Bonchev–Trinajstić information content (AvgIpc) is 2.05. The van der Waals surface area contributed by atoms with E-state index in [-0.39, 0.29) is 0 Å². The summed E-state index contributed by atoms with van der Waals surface area (Å²) < 4.78 is 0. The topological polar surface area (TPSA) is 56.0 Å². The van der Waals surface area contributed by atoms with Gasteiger partial charge in [-0.1, -0.05) is 13.3 Å². The Hall–Kier alpha value is -0.590. The largest absolute Gasteiger partial charge is 0.375 e. The number of nitriles is 1. The van der Waals surface area contributed by atoms with Crippen LogP contribution in [-0.2, 0) is 0 Å². The Labute approximate surface area is 73.4 Å². The van der Waals surface area contributed by atoms with Crippen LogP contribution in [0, 0.1) is 11.3 Å². The number of nitrogens with zero attached hydrogens (tertiary/aromatic N) is 1. The van der Waals surface area contributed by atoms with Crippen molar-refractivity contribution in [2.45, 2.75) is 44.2 Å². The summed E-state index contributed by atoms with van der Waals surface area (Å²) >= 11 is 0. The van der Waals surface area contributed by atoms with Crippen molar-refractivity contribution in [2.24, 2.45) is 0 Å². The first-order chi connectivity index (χ1) is 5.70. The van der Waals surface area contributed by atoms with Crippen molar-refractivity contribution in [2.75, 3.05) is 6.54 Å². The molecule has 0 aliphatic carbocycles. The zero-order valence-electron chi connectivity index (χ0n) is 7.51. The second-order valence-electron chi connectivity index (χ2n) is 3.54. The first-order valence-electron chi connectivity index (χ1n) is 4.57. The molecule has 0 spiro atoms. The van der Waals surface area contributed by atoms with Crippen LogP contribution in [-0.4, -0.2) is 23.3 Å². The molecular formula is C9H16N2O. The van der Waals surface area contributed by atoms with Gasteiger partial charge < -0.3 is 10.4 Å². The molecular weight excluding hydrogens is 152 g/mol. The second kappa shape index (κ2) is 3.88. The highest BCUT2D eigenvalue weighted by atomic mass is 16.3. The van der Waals surface area contributed by atoms with E-state index in [1.54, 1.807) is 0 Å². The van der Waals surface area contributed by atoms with Gasteiger partial charge in [0.05, 0.1) is 6.07 Å².